The van der Waals surface area contributed by atoms with Crippen molar-refractivity contribution in [3.63, 3.8) is 0 Å². The molecule has 0 fully saturated rings. The van der Waals surface area contributed by atoms with E-state index in [-0.39, 0.29) is 18.4 Å². The lowest BCUT2D eigenvalue weighted by Gasteiger charge is -2.24. The summed E-state index contributed by atoms with van der Waals surface area (Å²) in [7, 11) is 0. The van der Waals surface area contributed by atoms with Gasteiger partial charge in [0.2, 0.25) is 5.91 Å². The van der Waals surface area contributed by atoms with Crippen LogP contribution in [0.3, 0.4) is 0 Å². The first-order chi connectivity index (χ1) is 13.5. The predicted octanol–water partition coefficient (Wildman–Crippen LogP) is 4.84. The molecule has 0 aliphatic heterocycles. The molecular weight excluding hydrogens is 352 g/mol. The maximum absolute atomic E-state index is 13.0. The van der Waals surface area contributed by atoms with Crippen molar-refractivity contribution in [2.45, 2.75) is 53.2 Å². The molecule has 28 heavy (non-hydrogen) atoms. The van der Waals surface area contributed by atoms with Crippen LogP contribution in [0.2, 0.25) is 0 Å². The molecule has 150 valence electrons. The number of hydrogen-bond donors (Lipinski definition) is 2. The van der Waals surface area contributed by atoms with Crippen LogP contribution in [0.5, 0.6) is 0 Å². The number of alkyl carbamates (subject to hydrolysis) is 1. The van der Waals surface area contributed by atoms with Gasteiger partial charge in [-0.2, -0.15) is 0 Å². The van der Waals surface area contributed by atoms with Gasteiger partial charge in [-0.15, -0.1) is 0 Å². The molecule has 2 rings (SSSR count). The molecule has 2 atom stereocenters. The number of aryl methyl sites for hydroxylation is 2. The van der Waals surface area contributed by atoms with Gasteiger partial charge in [-0.25, -0.2) is 4.79 Å². The van der Waals surface area contributed by atoms with Crippen molar-refractivity contribution in [1.29, 1.82) is 0 Å². The zero-order chi connectivity index (χ0) is 20.5. The number of benzene rings is 2. The van der Waals surface area contributed by atoms with E-state index in [0.29, 0.717) is 0 Å². The first kappa shape index (κ1) is 21.5. The van der Waals surface area contributed by atoms with Crippen molar-refractivity contribution < 1.29 is 14.3 Å². The molecule has 0 bridgehead atoms. The van der Waals surface area contributed by atoms with E-state index < -0.39 is 12.1 Å². The average molecular weight is 383 g/mol. The molecule has 5 heteroatoms. The summed E-state index contributed by atoms with van der Waals surface area (Å²) in [6.07, 6.45) is 0.980. The summed E-state index contributed by atoms with van der Waals surface area (Å²) in [5.74, 6) is -0.256. The second-order valence-corrected chi connectivity index (χ2v) is 7.02. The van der Waals surface area contributed by atoms with E-state index in [4.69, 9.17) is 4.74 Å². The van der Waals surface area contributed by atoms with Crippen LogP contribution in [-0.2, 0) is 22.6 Å². The molecule has 0 aliphatic carbocycles. The van der Waals surface area contributed by atoms with E-state index in [0.717, 1.165) is 35.2 Å². The van der Waals surface area contributed by atoms with Gasteiger partial charge in [-0.3, -0.25) is 4.79 Å². The number of rotatable bonds is 8. The van der Waals surface area contributed by atoms with Crippen molar-refractivity contribution in [3.8, 4) is 0 Å². The Bertz CT molecular complexity index is 790. The summed E-state index contributed by atoms with van der Waals surface area (Å²) >= 11 is 0. The third kappa shape index (κ3) is 5.84. The normalized spacial score (nSPS) is 12.7. The van der Waals surface area contributed by atoms with Crippen LogP contribution in [0.25, 0.3) is 0 Å². The van der Waals surface area contributed by atoms with Crippen LogP contribution >= 0.6 is 0 Å². The van der Waals surface area contributed by atoms with E-state index in [9.17, 15) is 9.59 Å². The molecule has 0 saturated heterocycles. The van der Waals surface area contributed by atoms with Gasteiger partial charge in [-0.1, -0.05) is 75.7 Å². The number of carbonyl (C=O) groups excluding carboxylic acids is 2. The van der Waals surface area contributed by atoms with E-state index >= 15 is 0 Å². The largest absolute Gasteiger partial charge is 0.445 e. The Balaban J connectivity index is 2.06. The highest BCUT2D eigenvalue weighted by molar-refractivity contribution is 5.98. The monoisotopic (exact) mass is 382 g/mol. The lowest BCUT2D eigenvalue weighted by Crippen LogP contribution is -2.48. The molecule has 0 aliphatic rings. The Hall–Kier alpha value is -2.82. The van der Waals surface area contributed by atoms with Crippen LogP contribution in [0.4, 0.5) is 10.5 Å². The molecule has 2 N–H and O–H groups in total. The maximum Gasteiger partial charge on any atom is 0.408 e. The number of amides is 2. The fraction of sp³-hybridized carbons (Fsp3) is 0.391. The number of anilines is 1. The minimum Gasteiger partial charge on any atom is -0.445 e. The third-order valence-electron chi connectivity index (χ3n) is 4.97. The molecule has 0 saturated carbocycles. The number of carbonyl (C=O) groups is 2. The molecule has 0 spiro atoms. The first-order valence-corrected chi connectivity index (χ1v) is 9.82. The van der Waals surface area contributed by atoms with Gasteiger partial charge in [0.05, 0.1) is 0 Å². The molecule has 2 amide bonds. The average Bonchev–Trinajstić information content (AvgIpc) is 2.72. The fourth-order valence-electron chi connectivity index (χ4n) is 3.00. The second-order valence-electron chi connectivity index (χ2n) is 7.02. The molecule has 5 nitrogen and oxygen atoms in total. The van der Waals surface area contributed by atoms with Gasteiger partial charge in [0.1, 0.15) is 12.6 Å². The van der Waals surface area contributed by atoms with Crippen LogP contribution in [0.15, 0.2) is 48.5 Å². The SMILES string of the molecule is CCc1cccc(C)c1NC(=O)[C@@H](NC(=O)OCc1ccccc1)[C@@H](C)CC. The highest BCUT2D eigenvalue weighted by Crippen LogP contribution is 2.22. The van der Waals surface area contributed by atoms with Crippen LogP contribution in [0, 0.1) is 12.8 Å². The summed E-state index contributed by atoms with van der Waals surface area (Å²) in [4.78, 5) is 25.2. The topological polar surface area (TPSA) is 67.4 Å². The van der Waals surface area contributed by atoms with Crippen molar-refractivity contribution in [1.82, 2.24) is 5.32 Å². The van der Waals surface area contributed by atoms with Crippen LogP contribution in [0.1, 0.15) is 43.9 Å². The molecule has 0 aromatic heterocycles. The lowest BCUT2D eigenvalue weighted by molar-refractivity contribution is -0.119. The Morgan fingerprint density at radius 3 is 2.39 bits per heavy atom. The second kappa shape index (κ2) is 10.5. The zero-order valence-electron chi connectivity index (χ0n) is 17.1. The Labute approximate surface area is 167 Å². The minimum absolute atomic E-state index is 0.0293. The first-order valence-electron chi connectivity index (χ1n) is 9.82. The van der Waals surface area contributed by atoms with Crippen molar-refractivity contribution in [3.05, 3.63) is 65.2 Å². The summed E-state index contributed by atoms with van der Waals surface area (Å²) < 4.78 is 5.29. The van der Waals surface area contributed by atoms with E-state index in [1.54, 1.807) is 0 Å². The third-order valence-corrected chi connectivity index (χ3v) is 4.97. The van der Waals surface area contributed by atoms with Crippen molar-refractivity contribution in [2.24, 2.45) is 5.92 Å². The Morgan fingerprint density at radius 2 is 1.75 bits per heavy atom. The number of para-hydroxylation sites is 1. The summed E-state index contributed by atoms with van der Waals surface area (Å²) in [6, 6.07) is 14.7. The summed E-state index contributed by atoms with van der Waals surface area (Å²) in [6.45, 7) is 8.12. The smallest absolute Gasteiger partial charge is 0.408 e. The predicted molar refractivity (Wildman–Crippen MR) is 112 cm³/mol. The van der Waals surface area contributed by atoms with Gasteiger partial charge < -0.3 is 15.4 Å². The van der Waals surface area contributed by atoms with Crippen molar-refractivity contribution in [2.75, 3.05) is 5.32 Å². The van der Waals surface area contributed by atoms with Gasteiger partial charge >= 0.3 is 6.09 Å². The summed E-state index contributed by atoms with van der Waals surface area (Å²) in [5.41, 5.74) is 3.79. The number of nitrogens with one attached hydrogen (secondary N) is 2. The van der Waals surface area contributed by atoms with E-state index in [1.807, 2.05) is 69.3 Å². The van der Waals surface area contributed by atoms with E-state index in [1.165, 1.54) is 0 Å². The highest BCUT2D eigenvalue weighted by atomic mass is 16.5. The maximum atomic E-state index is 13.0. The highest BCUT2D eigenvalue weighted by Gasteiger charge is 2.27. The zero-order valence-corrected chi connectivity index (χ0v) is 17.1. The molecule has 0 heterocycles. The summed E-state index contributed by atoms with van der Waals surface area (Å²) in [5, 5.41) is 5.76. The standard InChI is InChI=1S/C23H30N2O3/c1-5-16(3)21(25-23(27)28-15-18-12-8-7-9-13-18)22(26)24-20-17(4)11-10-14-19(20)6-2/h7-14,16,21H,5-6,15H2,1-4H3,(H,24,26)(H,25,27)/t16-,21-/m0/s1. The quantitative estimate of drug-likeness (QED) is 0.687. The number of ether oxygens (including phenoxy) is 1. The minimum atomic E-state index is -0.669. The van der Waals surface area contributed by atoms with E-state index in [2.05, 4.69) is 17.6 Å². The van der Waals surface area contributed by atoms with Gasteiger partial charge in [0.25, 0.3) is 0 Å². The molecule has 2 aromatic rings. The van der Waals surface area contributed by atoms with Gasteiger partial charge in [0, 0.05) is 5.69 Å². The fourth-order valence-corrected chi connectivity index (χ4v) is 3.00. The molecule has 0 radical (unpaired) electrons. The van der Waals surface area contributed by atoms with Gasteiger partial charge in [-0.05, 0) is 36.0 Å². The van der Waals surface area contributed by atoms with Crippen LogP contribution in [-0.4, -0.2) is 18.0 Å². The molecule has 2 aromatic carbocycles. The Morgan fingerprint density at radius 1 is 1.04 bits per heavy atom. The van der Waals surface area contributed by atoms with Crippen molar-refractivity contribution >= 4 is 17.7 Å². The Kier molecular flexibility index (Phi) is 8.05. The van der Waals surface area contributed by atoms with Crippen LogP contribution < -0.4 is 10.6 Å². The number of hydrogen-bond acceptors (Lipinski definition) is 3. The molecule has 0 unspecified atom stereocenters. The molecular formula is C23H30N2O3. The lowest BCUT2D eigenvalue weighted by atomic mass is 9.97. The van der Waals surface area contributed by atoms with Gasteiger partial charge in [0.15, 0.2) is 0 Å².